The molecule has 0 atom stereocenters. The Morgan fingerprint density at radius 3 is 2.10 bits per heavy atom. The predicted molar refractivity (Wildman–Crippen MR) is 31.9 cm³/mol. The Balaban J connectivity index is 2.55. The maximum absolute atomic E-state index is 10.7. The van der Waals surface area contributed by atoms with Crippen LogP contribution in [-0.2, 0) is 14.3 Å². The number of allylic oxidation sites excluding steroid dienone is 2. The summed E-state index contributed by atoms with van der Waals surface area (Å²) in [6.45, 7) is 0. The summed E-state index contributed by atoms with van der Waals surface area (Å²) in [5.74, 6) is -1.01. The average Bonchev–Trinajstić information content (AvgIpc) is 2.39. The van der Waals surface area contributed by atoms with Crippen molar-refractivity contribution in [3.05, 3.63) is 23.3 Å². The lowest BCUT2D eigenvalue weighted by atomic mass is 10.2. The first-order valence-electron chi connectivity index (χ1n) is 2.96. The lowest BCUT2D eigenvalue weighted by Gasteiger charge is -1.83. The molecule has 0 saturated carbocycles. The maximum Gasteiger partial charge on any atom is 0.346 e. The molecule has 1 heterocycles. The third kappa shape index (κ3) is 0.492. The first kappa shape index (κ1) is 5.41. The van der Waals surface area contributed by atoms with Crippen LogP contribution in [0.3, 0.4) is 0 Å². The first-order valence-corrected chi connectivity index (χ1v) is 2.96. The molecule has 0 amide bonds. The molecule has 0 unspecified atom stereocenters. The van der Waals surface area contributed by atoms with Gasteiger partial charge in [-0.25, -0.2) is 9.59 Å². The van der Waals surface area contributed by atoms with Crippen molar-refractivity contribution in [1.29, 1.82) is 0 Å². The molecular weight excluding hydrogens is 132 g/mol. The number of hydrogen-bond donors (Lipinski definition) is 0. The fraction of sp³-hybridized carbons (Fsp3) is 0.143. The summed E-state index contributed by atoms with van der Waals surface area (Å²) in [7, 11) is 0. The molecule has 2 rings (SSSR count). The number of ether oxygens (including phenoxy) is 1. The lowest BCUT2D eigenvalue weighted by molar-refractivity contribution is -0.149. The Bertz CT molecular complexity index is 255. The van der Waals surface area contributed by atoms with E-state index in [9.17, 15) is 9.59 Å². The number of fused-ring (bicyclic) bond motifs is 1. The summed E-state index contributed by atoms with van der Waals surface area (Å²) in [4.78, 5) is 21.4. The number of carbonyl (C=O) groups is 2. The summed E-state index contributed by atoms with van der Waals surface area (Å²) in [5.41, 5.74) is 0.870. The van der Waals surface area contributed by atoms with E-state index in [-0.39, 0.29) is 0 Å². The van der Waals surface area contributed by atoms with Crippen LogP contribution in [0.2, 0.25) is 0 Å². The maximum atomic E-state index is 10.7. The molecule has 0 N–H and O–H groups in total. The lowest BCUT2D eigenvalue weighted by Crippen LogP contribution is -1.97. The molecule has 0 radical (unpaired) electrons. The molecule has 50 valence electrons. The van der Waals surface area contributed by atoms with Crippen LogP contribution in [0.25, 0.3) is 0 Å². The Kier molecular flexibility index (Phi) is 0.845. The number of rotatable bonds is 0. The fourth-order valence-electron chi connectivity index (χ4n) is 1.10. The van der Waals surface area contributed by atoms with Crippen molar-refractivity contribution in [2.24, 2.45) is 0 Å². The van der Waals surface area contributed by atoms with E-state index in [1.165, 1.54) is 0 Å². The number of esters is 2. The highest BCUT2D eigenvalue weighted by Crippen LogP contribution is 2.27. The predicted octanol–water partition coefficient (Wildman–Crippen LogP) is 0.326. The van der Waals surface area contributed by atoms with Crippen LogP contribution in [0.4, 0.5) is 0 Å². The summed E-state index contributed by atoms with van der Waals surface area (Å²) in [6.07, 6.45) is 4.07. The highest BCUT2D eigenvalue weighted by molar-refractivity contribution is 6.18. The van der Waals surface area contributed by atoms with Gasteiger partial charge in [-0.15, -0.1) is 0 Å². The Morgan fingerprint density at radius 1 is 1.10 bits per heavy atom. The van der Waals surface area contributed by atoms with E-state index in [1.807, 2.05) is 0 Å². The third-order valence-corrected chi connectivity index (χ3v) is 1.56. The summed E-state index contributed by atoms with van der Waals surface area (Å²) >= 11 is 0. The van der Waals surface area contributed by atoms with E-state index < -0.39 is 11.9 Å². The van der Waals surface area contributed by atoms with Gasteiger partial charge in [-0.3, -0.25) is 0 Å². The molecule has 1 aliphatic heterocycles. The highest BCUT2D eigenvalue weighted by atomic mass is 16.6. The minimum atomic E-state index is -0.506. The molecular formula is C7H4O3. The number of hydrogen-bond acceptors (Lipinski definition) is 3. The van der Waals surface area contributed by atoms with Gasteiger partial charge in [-0.1, -0.05) is 12.2 Å². The molecule has 3 nitrogen and oxygen atoms in total. The van der Waals surface area contributed by atoms with Crippen molar-refractivity contribution in [1.82, 2.24) is 0 Å². The standard InChI is InChI=1S/C7H4O3/c8-6-4-2-1-3-5(4)7(9)10-6/h2-3H,1H2. The van der Waals surface area contributed by atoms with E-state index in [0.717, 1.165) is 0 Å². The largest absolute Gasteiger partial charge is 0.386 e. The van der Waals surface area contributed by atoms with Crippen molar-refractivity contribution in [2.75, 3.05) is 0 Å². The second-order valence-corrected chi connectivity index (χ2v) is 2.15. The second kappa shape index (κ2) is 1.56. The molecule has 1 fully saturated rings. The summed E-state index contributed by atoms with van der Waals surface area (Å²) in [5, 5.41) is 0. The van der Waals surface area contributed by atoms with E-state index in [2.05, 4.69) is 4.74 Å². The first-order chi connectivity index (χ1) is 4.79. The van der Waals surface area contributed by atoms with Gasteiger partial charge < -0.3 is 4.74 Å². The van der Waals surface area contributed by atoms with Gasteiger partial charge >= 0.3 is 11.9 Å². The van der Waals surface area contributed by atoms with Crippen molar-refractivity contribution in [2.45, 2.75) is 6.42 Å². The van der Waals surface area contributed by atoms with Gasteiger partial charge in [0.25, 0.3) is 0 Å². The molecule has 1 aliphatic carbocycles. The third-order valence-electron chi connectivity index (χ3n) is 1.56. The molecule has 0 spiro atoms. The van der Waals surface area contributed by atoms with Crippen molar-refractivity contribution >= 4 is 11.9 Å². The Labute approximate surface area is 57.0 Å². The molecule has 10 heavy (non-hydrogen) atoms. The second-order valence-electron chi connectivity index (χ2n) is 2.15. The van der Waals surface area contributed by atoms with Crippen LogP contribution in [0.1, 0.15) is 6.42 Å². The van der Waals surface area contributed by atoms with Crippen LogP contribution >= 0.6 is 0 Å². The van der Waals surface area contributed by atoms with E-state index in [4.69, 9.17) is 0 Å². The zero-order chi connectivity index (χ0) is 7.14. The van der Waals surface area contributed by atoms with E-state index in [1.54, 1.807) is 12.2 Å². The van der Waals surface area contributed by atoms with Gasteiger partial charge in [0.15, 0.2) is 0 Å². The van der Waals surface area contributed by atoms with Crippen LogP contribution in [-0.4, -0.2) is 11.9 Å². The van der Waals surface area contributed by atoms with Crippen molar-refractivity contribution < 1.29 is 14.3 Å². The van der Waals surface area contributed by atoms with Crippen LogP contribution in [0.5, 0.6) is 0 Å². The molecule has 1 saturated heterocycles. The van der Waals surface area contributed by atoms with Crippen LogP contribution in [0, 0.1) is 0 Å². The van der Waals surface area contributed by atoms with Crippen LogP contribution < -0.4 is 0 Å². The topological polar surface area (TPSA) is 43.4 Å². The number of carbonyl (C=O) groups excluding carboxylic acids is 2. The van der Waals surface area contributed by atoms with Crippen molar-refractivity contribution in [3.63, 3.8) is 0 Å². The van der Waals surface area contributed by atoms with E-state index in [0.29, 0.717) is 17.6 Å². The normalized spacial score (nSPS) is 22.0. The van der Waals surface area contributed by atoms with Gasteiger partial charge in [0.2, 0.25) is 0 Å². The zero-order valence-corrected chi connectivity index (χ0v) is 5.09. The van der Waals surface area contributed by atoms with Crippen LogP contribution in [0.15, 0.2) is 23.3 Å². The number of cyclic esters (lactones) is 2. The summed E-state index contributed by atoms with van der Waals surface area (Å²) in [6, 6.07) is 0. The minimum Gasteiger partial charge on any atom is -0.386 e. The van der Waals surface area contributed by atoms with Gasteiger partial charge in [-0.05, 0) is 6.42 Å². The highest BCUT2D eigenvalue weighted by Gasteiger charge is 2.34. The molecule has 0 bridgehead atoms. The average molecular weight is 136 g/mol. The smallest absolute Gasteiger partial charge is 0.346 e. The SMILES string of the molecule is O=C1OC(=O)C2=CCC=C12. The Hall–Kier alpha value is -1.38. The molecule has 2 aliphatic rings. The minimum absolute atomic E-state index is 0.435. The monoisotopic (exact) mass is 136 g/mol. The fourth-order valence-corrected chi connectivity index (χ4v) is 1.10. The van der Waals surface area contributed by atoms with Gasteiger partial charge in [-0.2, -0.15) is 0 Å². The molecule has 3 heteroatoms. The molecule has 0 aromatic heterocycles. The molecule has 0 aromatic carbocycles. The van der Waals surface area contributed by atoms with Gasteiger partial charge in [0.05, 0.1) is 11.1 Å². The zero-order valence-electron chi connectivity index (χ0n) is 5.09. The summed E-state index contributed by atoms with van der Waals surface area (Å²) < 4.78 is 4.31. The molecule has 0 aromatic rings. The van der Waals surface area contributed by atoms with Gasteiger partial charge in [0, 0.05) is 0 Å². The van der Waals surface area contributed by atoms with E-state index >= 15 is 0 Å². The van der Waals surface area contributed by atoms with Crippen molar-refractivity contribution in [3.8, 4) is 0 Å². The van der Waals surface area contributed by atoms with Gasteiger partial charge in [0.1, 0.15) is 0 Å². The Morgan fingerprint density at radius 2 is 1.60 bits per heavy atom. The quantitative estimate of drug-likeness (QED) is 0.356.